The third-order valence-electron chi connectivity index (χ3n) is 4.79. The summed E-state index contributed by atoms with van der Waals surface area (Å²) < 4.78 is 0.0916. The number of hydrogen-bond acceptors (Lipinski definition) is 3. The Hall–Kier alpha value is -0.910. The lowest BCUT2D eigenvalue weighted by Gasteiger charge is -2.30. The van der Waals surface area contributed by atoms with Gasteiger partial charge in [-0.1, -0.05) is 20.3 Å². The number of hydrogen-bond donors (Lipinski definition) is 3. The molecule has 2 unspecified atom stereocenters. The Bertz CT molecular complexity index is 351. The molecule has 1 aliphatic carbocycles. The fraction of sp³-hybridized carbons (Fsp3) is 0.867. The zero-order valence-electron chi connectivity index (χ0n) is 13.3. The highest BCUT2D eigenvalue weighted by molar-refractivity contribution is 8.00. The van der Waals surface area contributed by atoms with Crippen LogP contribution in [0.2, 0.25) is 0 Å². The number of aliphatic carboxylic acids is 1. The summed E-state index contributed by atoms with van der Waals surface area (Å²) in [5.74, 6) is -0.976. The highest BCUT2D eigenvalue weighted by Crippen LogP contribution is 2.31. The topological polar surface area (TPSA) is 78.4 Å². The van der Waals surface area contributed by atoms with Crippen molar-refractivity contribution in [3.8, 4) is 0 Å². The Morgan fingerprint density at radius 1 is 1.24 bits per heavy atom. The molecular formula is C15H28N2O3S. The van der Waals surface area contributed by atoms with Crippen LogP contribution < -0.4 is 10.6 Å². The molecule has 0 aromatic rings. The normalized spacial score (nSPS) is 22.0. The van der Waals surface area contributed by atoms with Crippen molar-refractivity contribution in [2.75, 3.05) is 19.3 Å². The van der Waals surface area contributed by atoms with Gasteiger partial charge in [0.1, 0.15) is 0 Å². The minimum atomic E-state index is -0.738. The van der Waals surface area contributed by atoms with Gasteiger partial charge >= 0.3 is 12.0 Å². The largest absolute Gasteiger partial charge is 0.481 e. The first kappa shape index (κ1) is 18.1. The summed E-state index contributed by atoms with van der Waals surface area (Å²) in [6.45, 7) is 5.36. The Morgan fingerprint density at radius 2 is 1.90 bits per heavy atom. The SMILES string of the molecule is CCC(CC)(CNC(=O)NCC1CCCC1C(=O)O)SC. The van der Waals surface area contributed by atoms with Crippen LogP contribution in [0.1, 0.15) is 46.0 Å². The maximum atomic E-state index is 11.9. The molecule has 1 aliphatic rings. The van der Waals surface area contributed by atoms with E-state index in [-0.39, 0.29) is 22.6 Å². The van der Waals surface area contributed by atoms with E-state index in [0.717, 1.165) is 32.1 Å². The van der Waals surface area contributed by atoms with E-state index in [9.17, 15) is 9.59 Å². The van der Waals surface area contributed by atoms with Crippen molar-refractivity contribution in [1.82, 2.24) is 10.6 Å². The molecule has 0 aromatic carbocycles. The first-order valence-electron chi connectivity index (χ1n) is 7.77. The van der Waals surface area contributed by atoms with E-state index in [1.54, 1.807) is 11.8 Å². The molecule has 0 bridgehead atoms. The molecule has 2 atom stereocenters. The van der Waals surface area contributed by atoms with Crippen LogP contribution in [0, 0.1) is 11.8 Å². The van der Waals surface area contributed by atoms with Crippen molar-refractivity contribution < 1.29 is 14.7 Å². The van der Waals surface area contributed by atoms with E-state index in [4.69, 9.17) is 5.11 Å². The van der Waals surface area contributed by atoms with Crippen LogP contribution in [0.5, 0.6) is 0 Å². The zero-order chi connectivity index (χ0) is 15.9. The molecular weight excluding hydrogens is 288 g/mol. The van der Waals surface area contributed by atoms with Crippen molar-refractivity contribution in [1.29, 1.82) is 0 Å². The van der Waals surface area contributed by atoms with Gasteiger partial charge in [0.2, 0.25) is 0 Å². The number of thioether (sulfide) groups is 1. The van der Waals surface area contributed by atoms with E-state index in [2.05, 4.69) is 30.7 Å². The van der Waals surface area contributed by atoms with Gasteiger partial charge in [0.15, 0.2) is 0 Å². The van der Waals surface area contributed by atoms with Gasteiger partial charge in [-0.25, -0.2) is 4.79 Å². The molecule has 6 heteroatoms. The van der Waals surface area contributed by atoms with Crippen molar-refractivity contribution in [3.63, 3.8) is 0 Å². The van der Waals surface area contributed by atoms with Crippen LogP contribution >= 0.6 is 11.8 Å². The fourth-order valence-corrected chi connectivity index (χ4v) is 3.79. The Morgan fingerprint density at radius 3 is 2.43 bits per heavy atom. The van der Waals surface area contributed by atoms with Gasteiger partial charge in [-0.05, 0) is 37.9 Å². The van der Waals surface area contributed by atoms with E-state index in [0.29, 0.717) is 13.1 Å². The highest BCUT2D eigenvalue weighted by atomic mass is 32.2. The number of carboxylic acids is 1. The third-order valence-corrected chi connectivity index (χ3v) is 6.38. The summed E-state index contributed by atoms with van der Waals surface area (Å²) in [5.41, 5.74) is 0. The van der Waals surface area contributed by atoms with Crippen LogP contribution in [0.25, 0.3) is 0 Å². The summed E-state index contributed by atoms with van der Waals surface area (Å²) in [6.07, 6.45) is 6.64. The minimum absolute atomic E-state index is 0.0657. The number of carbonyl (C=O) groups excluding carboxylic acids is 1. The molecule has 122 valence electrons. The van der Waals surface area contributed by atoms with Crippen LogP contribution in [0.15, 0.2) is 0 Å². The molecule has 3 N–H and O–H groups in total. The van der Waals surface area contributed by atoms with Crippen molar-refractivity contribution in [2.24, 2.45) is 11.8 Å². The summed E-state index contributed by atoms with van der Waals surface area (Å²) in [4.78, 5) is 23.0. The van der Waals surface area contributed by atoms with Gasteiger partial charge < -0.3 is 15.7 Å². The first-order valence-corrected chi connectivity index (χ1v) is 9.00. The lowest BCUT2D eigenvalue weighted by atomic mass is 9.96. The second-order valence-electron chi connectivity index (χ2n) is 5.79. The maximum Gasteiger partial charge on any atom is 0.314 e. The highest BCUT2D eigenvalue weighted by Gasteiger charge is 2.33. The van der Waals surface area contributed by atoms with Gasteiger partial charge in [0.25, 0.3) is 0 Å². The predicted octanol–water partition coefficient (Wildman–Crippen LogP) is 2.71. The predicted molar refractivity (Wildman–Crippen MR) is 86.7 cm³/mol. The third kappa shape index (κ3) is 5.09. The quantitative estimate of drug-likeness (QED) is 0.643. The van der Waals surface area contributed by atoms with Gasteiger partial charge in [-0.3, -0.25) is 4.79 Å². The van der Waals surface area contributed by atoms with E-state index in [1.807, 2.05) is 0 Å². The molecule has 1 saturated carbocycles. The summed E-state index contributed by atoms with van der Waals surface area (Å²) in [5, 5.41) is 14.9. The van der Waals surface area contributed by atoms with Crippen molar-refractivity contribution in [2.45, 2.75) is 50.7 Å². The fourth-order valence-electron chi connectivity index (χ4n) is 2.99. The lowest BCUT2D eigenvalue weighted by Crippen LogP contribution is -2.45. The van der Waals surface area contributed by atoms with Gasteiger partial charge in [0.05, 0.1) is 5.92 Å². The number of carbonyl (C=O) groups is 2. The molecule has 0 radical (unpaired) electrons. The van der Waals surface area contributed by atoms with E-state index in [1.165, 1.54) is 0 Å². The molecule has 21 heavy (non-hydrogen) atoms. The maximum absolute atomic E-state index is 11.9. The Labute approximate surface area is 131 Å². The van der Waals surface area contributed by atoms with Gasteiger partial charge in [-0.15, -0.1) is 0 Å². The molecule has 2 amide bonds. The number of urea groups is 1. The average Bonchev–Trinajstić information content (AvgIpc) is 2.96. The standard InChI is InChI=1S/C15H28N2O3S/c1-4-15(5-2,21-3)10-17-14(20)16-9-11-7-6-8-12(11)13(18)19/h11-12H,4-10H2,1-3H3,(H,18,19)(H2,16,17,20). The molecule has 1 rings (SSSR count). The van der Waals surface area contributed by atoms with Crippen LogP contribution in [0.3, 0.4) is 0 Å². The second-order valence-corrected chi connectivity index (χ2v) is 7.07. The molecule has 0 spiro atoms. The smallest absolute Gasteiger partial charge is 0.314 e. The molecule has 0 aliphatic heterocycles. The number of rotatable bonds is 8. The number of amides is 2. The Kier molecular flexibility index (Phi) is 7.35. The summed E-state index contributed by atoms with van der Waals surface area (Å²) in [7, 11) is 0. The number of carboxylic acid groups (broad SMARTS) is 1. The lowest BCUT2D eigenvalue weighted by molar-refractivity contribution is -0.142. The van der Waals surface area contributed by atoms with E-state index < -0.39 is 5.97 Å². The van der Waals surface area contributed by atoms with Crippen LogP contribution in [-0.4, -0.2) is 41.2 Å². The summed E-state index contributed by atoms with van der Waals surface area (Å²) in [6, 6.07) is -0.189. The minimum Gasteiger partial charge on any atom is -0.481 e. The monoisotopic (exact) mass is 316 g/mol. The number of nitrogens with one attached hydrogen (secondary N) is 2. The average molecular weight is 316 g/mol. The zero-order valence-corrected chi connectivity index (χ0v) is 14.1. The van der Waals surface area contributed by atoms with Gasteiger partial charge in [0, 0.05) is 17.8 Å². The molecule has 5 nitrogen and oxygen atoms in total. The molecule has 0 heterocycles. The Balaban J connectivity index is 2.36. The van der Waals surface area contributed by atoms with Crippen LogP contribution in [0.4, 0.5) is 4.79 Å². The molecule has 0 aromatic heterocycles. The molecule has 1 fully saturated rings. The summed E-state index contributed by atoms with van der Waals surface area (Å²) >= 11 is 1.79. The van der Waals surface area contributed by atoms with Gasteiger partial charge in [-0.2, -0.15) is 11.8 Å². The van der Waals surface area contributed by atoms with Crippen molar-refractivity contribution >= 4 is 23.8 Å². The molecule has 0 saturated heterocycles. The first-order chi connectivity index (χ1) is 9.98. The van der Waals surface area contributed by atoms with E-state index >= 15 is 0 Å². The second kappa shape index (κ2) is 8.51. The van der Waals surface area contributed by atoms with Crippen molar-refractivity contribution in [3.05, 3.63) is 0 Å². The van der Waals surface area contributed by atoms with Crippen LogP contribution in [-0.2, 0) is 4.79 Å².